The second-order valence-electron chi connectivity index (χ2n) is 5.28. The van der Waals surface area contributed by atoms with Gasteiger partial charge in [-0.3, -0.25) is 9.20 Å². The van der Waals surface area contributed by atoms with Crippen LogP contribution in [0, 0.1) is 0 Å². The number of pyridine rings is 1. The largest absolute Gasteiger partial charge is 0.493 e. The van der Waals surface area contributed by atoms with Gasteiger partial charge >= 0.3 is 0 Å². The molecular formula is C18H19N3O4. The second kappa shape index (κ2) is 7.12. The fourth-order valence-corrected chi connectivity index (χ4v) is 2.57. The molecule has 0 radical (unpaired) electrons. The smallest absolute Gasteiger partial charge is 0.258 e. The van der Waals surface area contributed by atoms with Gasteiger partial charge in [0.2, 0.25) is 5.75 Å². The van der Waals surface area contributed by atoms with Crippen LogP contribution in [0.3, 0.4) is 0 Å². The molecule has 0 amide bonds. The van der Waals surface area contributed by atoms with Gasteiger partial charge in [0.15, 0.2) is 11.5 Å². The molecule has 0 bridgehead atoms. The van der Waals surface area contributed by atoms with Gasteiger partial charge in [-0.2, -0.15) is 0 Å². The van der Waals surface area contributed by atoms with Crippen LogP contribution in [0.2, 0.25) is 0 Å². The lowest BCUT2D eigenvalue weighted by atomic mass is 10.2. The van der Waals surface area contributed by atoms with Gasteiger partial charge in [-0.25, -0.2) is 4.98 Å². The molecule has 0 aliphatic carbocycles. The summed E-state index contributed by atoms with van der Waals surface area (Å²) >= 11 is 0. The highest BCUT2D eigenvalue weighted by Crippen LogP contribution is 2.39. The molecule has 0 spiro atoms. The average Bonchev–Trinajstić information content (AvgIpc) is 2.65. The van der Waals surface area contributed by atoms with Crippen LogP contribution in [0.1, 0.15) is 5.69 Å². The van der Waals surface area contributed by atoms with Crippen LogP contribution < -0.4 is 25.1 Å². The zero-order valence-electron chi connectivity index (χ0n) is 14.3. The molecule has 0 fully saturated rings. The lowest BCUT2D eigenvalue weighted by Gasteiger charge is -2.15. The van der Waals surface area contributed by atoms with Crippen LogP contribution in [0.5, 0.6) is 17.2 Å². The molecule has 7 nitrogen and oxygen atoms in total. The minimum absolute atomic E-state index is 0.118. The van der Waals surface area contributed by atoms with E-state index in [2.05, 4.69) is 10.3 Å². The van der Waals surface area contributed by atoms with Gasteiger partial charge in [-0.05, 0) is 12.1 Å². The van der Waals surface area contributed by atoms with Crippen molar-refractivity contribution in [3.8, 4) is 17.2 Å². The summed E-state index contributed by atoms with van der Waals surface area (Å²) in [7, 11) is 4.68. The minimum atomic E-state index is -0.118. The van der Waals surface area contributed by atoms with Gasteiger partial charge in [-0.1, -0.05) is 6.07 Å². The van der Waals surface area contributed by atoms with E-state index in [-0.39, 0.29) is 5.56 Å². The topological polar surface area (TPSA) is 74.1 Å². The number of hydrogen-bond donors (Lipinski definition) is 1. The summed E-state index contributed by atoms with van der Waals surface area (Å²) in [6, 6.07) is 10.6. The number of ether oxygens (including phenoxy) is 3. The maximum Gasteiger partial charge on any atom is 0.258 e. The molecule has 0 saturated carbocycles. The zero-order valence-corrected chi connectivity index (χ0v) is 14.3. The average molecular weight is 341 g/mol. The summed E-state index contributed by atoms with van der Waals surface area (Å²) in [5.74, 6) is 1.63. The van der Waals surface area contributed by atoms with E-state index in [0.717, 1.165) is 5.69 Å². The van der Waals surface area contributed by atoms with Gasteiger partial charge < -0.3 is 19.5 Å². The molecule has 7 heteroatoms. The van der Waals surface area contributed by atoms with Crippen LogP contribution >= 0.6 is 0 Å². The third kappa shape index (κ3) is 3.35. The van der Waals surface area contributed by atoms with E-state index in [0.29, 0.717) is 35.1 Å². The van der Waals surface area contributed by atoms with E-state index >= 15 is 0 Å². The van der Waals surface area contributed by atoms with Crippen molar-refractivity contribution in [1.29, 1.82) is 0 Å². The van der Waals surface area contributed by atoms with Gasteiger partial charge in [0.1, 0.15) is 5.65 Å². The summed E-state index contributed by atoms with van der Waals surface area (Å²) in [6.07, 6.45) is 1.70. The third-order valence-corrected chi connectivity index (χ3v) is 3.76. The molecule has 25 heavy (non-hydrogen) atoms. The standard InChI is InChI=1S/C18H19N3O4/c1-23-14-8-12(9-15(24-2)18(14)25-3)19-11-13-10-17(22)21-7-5-4-6-16(21)20-13/h4-10,19H,11H2,1-3H3. The van der Waals surface area contributed by atoms with Crippen molar-refractivity contribution in [3.05, 3.63) is 58.6 Å². The molecular weight excluding hydrogens is 322 g/mol. The van der Waals surface area contributed by atoms with Crippen molar-refractivity contribution in [3.63, 3.8) is 0 Å². The number of rotatable bonds is 6. The molecule has 1 N–H and O–H groups in total. The Labute approximate surface area is 144 Å². The van der Waals surface area contributed by atoms with Gasteiger partial charge in [0.05, 0.1) is 33.6 Å². The predicted molar refractivity (Wildman–Crippen MR) is 94.9 cm³/mol. The van der Waals surface area contributed by atoms with Crippen molar-refractivity contribution in [1.82, 2.24) is 9.38 Å². The van der Waals surface area contributed by atoms with E-state index < -0.39 is 0 Å². The van der Waals surface area contributed by atoms with Gasteiger partial charge in [0.25, 0.3) is 5.56 Å². The molecule has 130 valence electrons. The first kappa shape index (κ1) is 16.6. The van der Waals surface area contributed by atoms with Crippen molar-refractivity contribution >= 4 is 11.3 Å². The summed E-state index contributed by atoms with van der Waals surface area (Å²) in [4.78, 5) is 16.6. The van der Waals surface area contributed by atoms with Crippen LogP contribution in [0.4, 0.5) is 5.69 Å². The molecule has 2 heterocycles. The first-order chi connectivity index (χ1) is 12.2. The fraction of sp³-hybridized carbons (Fsp3) is 0.222. The maximum absolute atomic E-state index is 12.1. The lowest BCUT2D eigenvalue weighted by molar-refractivity contribution is 0.324. The predicted octanol–water partition coefficient (Wildman–Crippen LogP) is 2.33. The summed E-state index contributed by atoms with van der Waals surface area (Å²) in [6.45, 7) is 0.388. The minimum Gasteiger partial charge on any atom is -0.493 e. The number of aromatic nitrogens is 2. The van der Waals surface area contributed by atoms with Crippen molar-refractivity contribution in [2.24, 2.45) is 0 Å². The Hall–Kier alpha value is -3.22. The number of nitrogens with zero attached hydrogens (tertiary/aromatic N) is 2. The van der Waals surface area contributed by atoms with E-state index in [4.69, 9.17) is 14.2 Å². The molecule has 1 aromatic carbocycles. The molecule has 0 unspecified atom stereocenters. The zero-order chi connectivity index (χ0) is 17.8. The number of nitrogens with one attached hydrogen (secondary N) is 1. The lowest BCUT2D eigenvalue weighted by Crippen LogP contribution is -2.16. The Morgan fingerprint density at radius 1 is 1.04 bits per heavy atom. The summed E-state index contributed by atoms with van der Waals surface area (Å²) < 4.78 is 17.5. The summed E-state index contributed by atoms with van der Waals surface area (Å²) in [5.41, 5.74) is 1.90. The Balaban J connectivity index is 1.87. The SMILES string of the molecule is COc1cc(NCc2cc(=O)n3ccccc3n2)cc(OC)c1OC. The van der Waals surface area contributed by atoms with Crippen molar-refractivity contribution < 1.29 is 14.2 Å². The van der Waals surface area contributed by atoms with Crippen molar-refractivity contribution in [2.75, 3.05) is 26.6 Å². The van der Waals surface area contributed by atoms with Crippen LogP contribution in [-0.2, 0) is 6.54 Å². The summed E-state index contributed by atoms with van der Waals surface area (Å²) in [5, 5.41) is 3.23. The fourth-order valence-electron chi connectivity index (χ4n) is 2.57. The van der Waals surface area contributed by atoms with Crippen LogP contribution in [0.25, 0.3) is 5.65 Å². The van der Waals surface area contributed by atoms with E-state index in [9.17, 15) is 4.79 Å². The Kier molecular flexibility index (Phi) is 4.74. The Morgan fingerprint density at radius 2 is 1.76 bits per heavy atom. The van der Waals surface area contributed by atoms with E-state index in [1.807, 2.05) is 6.07 Å². The molecule has 0 aliphatic rings. The highest BCUT2D eigenvalue weighted by atomic mass is 16.5. The van der Waals surface area contributed by atoms with Gasteiger partial charge in [0, 0.05) is 30.1 Å². The molecule has 3 aromatic rings. The number of hydrogen-bond acceptors (Lipinski definition) is 6. The van der Waals surface area contributed by atoms with Crippen molar-refractivity contribution in [2.45, 2.75) is 6.54 Å². The van der Waals surface area contributed by atoms with E-state index in [1.54, 1.807) is 51.8 Å². The normalized spacial score (nSPS) is 10.5. The Bertz CT molecular complexity index is 927. The van der Waals surface area contributed by atoms with Crippen LogP contribution in [-0.4, -0.2) is 30.7 Å². The number of fused-ring (bicyclic) bond motifs is 1. The number of methoxy groups -OCH3 is 3. The monoisotopic (exact) mass is 341 g/mol. The maximum atomic E-state index is 12.1. The molecule has 0 atom stereocenters. The molecule has 2 aromatic heterocycles. The van der Waals surface area contributed by atoms with Gasteiger partial charge in [-0.15, -0.1) is 0 Å². The first-order valence-corrected chi connectivity index (χ1v) is 7.67. The number of benzene rings is 1. The number of anilines is 1. The third-order valence-electron chi connectivity index (χ3n) is 3.76. The highest BCUT2D eigenvalue weighted by molar-refractivity contribution is 5.62. The molecule has 0 saturated heterocycles. The van der Waals surface area contributed by atoms with E-state index in [1.165, 1.54) is 10.5 Å². The highest BCUT2D eigenvalue weighted by Gasteiger charge is 2.13. The van der Waals surface area contributed by atoms with Crippen LogP contribution in [0.15, 0.2) is 47.4 Å². The Morgan fingerprint density at radius 3 is 2.40 bits per heavy atom. The first-order valence-electron chi connectivity index (χ1n) is 7.67. The molecule has 0 aliphatic heterocycles. The quantitative estimate of drug-likeness (QED) is 0.742. The molecule has 3 rings (SSSR count). The second-order valence-corrected chi connectivity index (χ2v) is 5.28.